The summed E-state index contributed by atoms with van der Waals surface area (Å²) in [6.45, 7) is 1.33. The SMILES string of the molecule is COc1cc(CNCCc2ccc(S(N)(=O)=O)cc2)ccc1Oc1nnnn1-c1ccccc1. The number of hydrogen-bond donors (Lipinski definition) is 2. The third-order valence-corrected chi connectivity index (χ3v) is 5.97. The van der Waals surface area contributed by atoms with Gasteiger partial charge in [-0.15, -0.1) is 0 Å². The second-order valence-electron chi connectivity index (χ2n) is 7.41. The van der Waals surface area contributed by atoms with E-state index in [-0.39, 0.29) is 10.9 Å². The van der Waals surface area contributed by atoms with Gasteiger partial charge in [-0.3, -0.25) is 0 Å². The highest BCUT2D eigenvalue weighted by molar-refractivity contribution is 7.89. The summed E-state index contributed by atoms with van der Waals surface area (Å²) in [5, 5.41) is 20.2. The Morgan fingerprint density at radius 1 is 0.971 bits per heavy atom. The summed E-state index contributed by atoms with van der Waals surface area (Å²) in [6.07, 6.45) is 0.741. The monoisotopic (exact) mass is 480 g/mol. The van der Waals surface area contributed by atoms with Crippen LogP contribution in [0.25, 0.3) is 5.69 Å². The van der Waals surface area contributed by atoms with E-state index in [1.54, 1.807) is 19.2 Å². The summed E-state index contributed by atoms with van der Waals surface area (Å²) in [5.41, 5.74) is 2.80. The minimum absolute atomic E-state index is 0.108. The van der Waals surface area contributed by atoms with Gasteiger partial charge in [0.25, 0.3) is 0 Å². The summed E-state index contributed by atoms with van der Waals surface area (Å²) in [7, 11) is -2.10. The van der Waals surface area contributed by atoms with E-state index in [9.17, 15) is 8.42 Å². The molecule has 0 saturated carbocycles. The van der Waals surface area contributed by atoms with Gasteiger partial charge in [-0.25, -0.2) is 13.6 Å². The summed E-state index contributed by atoms with van der Waals surface area (Å²) in [6, 6.07) is 21.9. The zero-order valence-corrected chi connectivity index (χ0v) is 19.3. The van der Waals surface area contributed by atoms with Gasteiger partial charge in [0.2, 0.25) is 10.0 Å². The molecule has 0 radical (unpaired) electrons. The molecule has 34 heavy (non-hydrogen) atoms. The minimum Gasteiger partial charge on any atom is -0.493 e. The van der Waals surface area contributed by atoms with Gasteiger partial charge in [-0.2, -0.15) is 4.68 Å². The number of nitrogens with zero attached hydrogens (tertiary/aromatic N) is 4. The van der Waals surface area contributed by atoms with E-state index in [0.717, 1.165) is 23.2 Å². The number of para-hydroxylation sites is 1. The number of aromatic nitrogens is 4. The van der Waals surface area contributed by atoms with Crippen molar-refractivity contribution in [2.24, 2.45) is 5.14 Å². The molecule has 0 spiro atoms. The first-order chi connectivity index (χ1) is 16.4. The van der Waals surface area contributed by atoms with Crippen LogP contribution >= 0.6 is 0 Å². The Labute approximate surface area is 197 Å². The third-order valence-electron chi connectivity index (χ3n) is 5.04. The van der Waals surface area contributed by atoms with Gasteiger partial charge in [-0.1, -0.05) is 41.5 Å². The van der Waals surface area contributed by atoms with Crippen molar-refractivity contribution in [2.75, 3.05) is 13.7 Å². The number of methoxy groups -OCH3 is 1. The Hall–Kier alpha value is -3.80. The molecule has 0 atom stereocenters. The molecule has 4 aromatic rings. The van der Waals surface area contributed by atoms with E-state index in [1.165, 1.54) is 16.8 Å². The average Bonchev–Trinajstić information content (AvgIpc) is 3.31. The number of tetrazole rings is 1. The van der Waals surface area contributed by atoms with Crippen LogP contribution in [0, 0.1) is 0 Å². The average molecular weight is 481 g/mol. The van der Waals surface area contributed by atoms with Crippen LogP contribution in [0.2, 0.25) is 0 Å². The predicted molar refractivity (Wildman–Crippen MR) is 125 cm³/mol. The van der Waals surface area contributed by atoms with Gasteiger partial charge in [-0.05, 0) is 70.9 Å². The number of hydrogen-bond acceptors (Lipinski definition) is 8. The van der Waals surface area contributed by atoms with Crippen LogP contribution in [0.1, 0.15) is 11.1 Å². The Balaban J connectivity index is 1.35. The van der Waals surface area contributed by atoms with E-state index in [4.69, 9.17) is 14.6 Å². The van der Waals surface area contributed by atoms with Crippen LogP contribution in [0.4, 0.5) is 0 Å². The molecule has 0 bridgehead atoms. The Bertz CT molecular complexity index is 1340. The molecule has 0 aliphatic carbocycles. The molecule has 4 rings (SSSR count). The van der Waals surface area contributed by atoms with Crippen molar-refractivity contribution in [3.05, 3.63) is 83.9 Å². The van der Waals surface area contributed by atoms with E-state index in [1.807, 2.05) is 48.5 Å². The van der Waals surface area contributed by atoms with Crippen LogP contribution < -0.4 is 19.9 Å². The Kier molecular flexibility index (Phi) is 7.16. The third kappa shape index (κ3) is 5.76. The second kappa shape index (κ2) is 10.4. The lowest BCUT2D eigenvalue weighted by atomic mass is 10.1. The fourth-order valence-electron chi connectivity index (χ4n) is 3.29. The Morgan fingerprint density at radius 3 is 2.41 bits per heavy atom. The molecule has 1 heterocycles. The normalized spacial score (nSPS) is 11.4. The van der Waals surface area contributed by atoms with Gasteiger partial charge in [0.1, 0.15) is 0 Å². The summed E-state index contributed by atoms with van der Waals surface area (Å²) >= 11 is 0. The highest BCUT2D eigenvalue weighted by Crippen LogP contribution is 2.32. The number of ether oxygens (including phenoxy) is 2. The topological polar surface area (TPSA) is 134 Å². The highest BCUT2D eigenvalue weighted by atomic mass is 32.2. The molecular formula is C23H24N6O4S. The quantitative estimate of drug-likeness (QED) is 0.331. The van der Waals surface area contributed by atoms with Gasteiger partial charge in [0.15, 0.2) is 11.5 Å². The lowest BCUT2D eigenvalue weighted by Gasteiger charge is -2.12. The van der Waals surface area contributed by atoms with Crippen LogP contribution in [0.15, 0.2) is 77.7 Å². The van der Waals surface area contributed by atoms with Gasteiger partial charge < -0.3 is 14.8 Å². The molecule has 0 unspecified atom stereocenters. The largest absolute Gasteiger partial charge is 0.493 e. The molecule has 0 saturated heterocycles. The highest BCUT2D eigenvalue weighted by Gasteiger charge is 2.14. The molecule has 11 heteroatoms. The number of benzene rings is 3. The molecule has 0 fully saturated rings. The van der Waals surface area contributed by atoms with Gasteiger partial charge in [0, 0.05) is 6.54 Å². The van der Waals surface area contributed by atoms with Crippen LogP contribution in [-0.4, -0.2) is 42.3 Å². The van der Waals surface area contributed by atoms with Crippen LogP contribution in [-0.2, 0) is 23.0 Å². The standard InChI is InChI=1S/C23H24N6O4S/c1-32-22-15-18(16-25-14-13-17-7-10-20(11-8-17)34(24,30)31)9-12-21(22)33-23-26-27-28-29(23)19-5-3-2-4-6-19/h2-12,15,25H,13-14,16H2,1H3,(H2,24,30,31). The van der Waals surface area contributed by atoms with Crippen molar-refractivity contribution in [2.45, 2.75) is 17.9 Å². The number of nitrogens with two attached hydrogens (primary N) is 1. The summed E-state index contributed by atoms with van der Waals surface area (Å²) in [4.78, 5) is 0.108. The van der Waals surface area contributed by atoms with Crippen molar-refractivity contribution in [1.82, 2.24) is 25.5 Å². The van der Waals surface area contributed by atoms with Crippen LogP contribution in [0.5, 0.6) is 17.5 Å². The van der Waals surface area contributed by atoms with Gasteiger partial charge >= 0.3 is 6.01 Å². The van der Waals surface area contributed by atoms with Crippen LogP contribution in [0.3, 0.4) is 0 Å². The smallest absolute Gasteiger partial charge is 0.346 e. The molecule has 0 aliphatic heterocycles. The first-order valence-electron chi connectivity index (χ1n) is 10.4. The summed E-state index contributed by atoms with van der Waals surface area (Å²) in [5.74, 6) is 1.05. The molecule has 176 valence electrons. The molecule has 0 aliphatic rings. The lowest BCUT2D eigenvalue weighted by molar-refractivity contribution is 0.362. The Morgan fingerprint density at radius 2 is 1.71 bits per heavy atom. The van der Waals surface area contributed by atoms with E-state index < -0.39 is 10.0 Å². The first kappa shape index (κ1) is 23.4. The van der Waals surface area contributed by atoms with Gasteiger partial charge in [0.05, 0.1) is 17.7 Å². The molecular weight excluding hydrogens is 456 g/mol. The molecule has 3 aromatic carbocycles. The lowest BCUT2D eigenvalue weighted by Crippen LogP contribution is -2.17. The van der Waals surface area contributed by atoms with E-state index in [0.29, 0.717) is 24.6 Å². The van der Waals surface area contributed by atoms with Crippen molar-refractivity contribution in [3.8, 4) is 23.2 Å². The predicted octanol–water partition coefficient (Wildman–Crippen LogP) is 2.44. The van der Waals surface area contributed by atoms with Crippen molar-refractivity contribution < 1.29 is 17.9 Å². The maximum Gasteiger partial charge on any atom is 0.346 e. The maximum atomic E-state index is 11.3. The minimum atomic E-state index is -3.67. The number of nitrogens with one attached hydrogen (secondary N) is 1. The fourth-order valence-corrected chi connectivity index (χ4v) is 3.81. The maximum absolute atomic E-state index is 11.3. The van der Waals surface area contributed by atoms with Crippen molar-refractivity contribution >= 4 is 10.0 Å². The molecule has 10 nitrogen and oxygen atoms in total. The van der Waals surface area contributed by atoms with Crippen molar-refractivity contribution in [3.63, 3.8) is 0 Å². The summed E-state index contributed by atoms with van der Waals surface area (Å²) < 4.78 is 35.6. The number of primary sulfonamides is 1. The zero-order chi connectivity index (χ0) is 24.0. The van der Waals surface area contributed by atoms with Crippen molar-refractivity contribution in [1.29, 1.82) is 0 Å². The second-order valence-corrected chi connectivity index (χ2v) is 8.97. The molecule has 1 aromatic heterocycles. The first-order valence-corrected chi connectivity index (χ1v) is 12.0. The van der Waals surface area contributed by atoms with E-state index in [2.05, 4.69) is 20.8 Å². The fraction of sp³-hybridized carbons (Fsp3) is 0.174. The molecule has 0 amide bonds. The number of rotatable bonds is 10. The van der Waals surface area contributed by atoms with E-state index >= 15 is 0 Å². The zero-order valence-electron chi connectivity index (χ0n) is 18.5. The molecule has 3 N–H and O–H groups in total. The number of sulfonamides is 1.